The molecule has 3 unspecified atom stereocenters. The number of likely N-dealkylation sites (tertiary alicyclic amines) is 1. The van der Waals surface area contributed by atoms with Gasteiger partial charge < -0.3 is 9.47 Å². The van der Waals surface area contributed by atoms with Crippen LogP contribution in [0.2, 0.25) is 0 Å². The lowest BCUT2D eigenvalue weighted by Gasteiger charge is -2.34. The Balaban J connectivity index is 1.50. The molecule has 4 nitrogen and oxygen atoms in total. The zero-order valence-corrected chi connectivity index (χ0v) is 19.7. The number of hydrogen-bond donors (Lipinski definition) is 0. The predicted molar refractivity (Wildman–Crippen MR) is 127 cm³/mol. The van der Waals surface area contributed by atoms with Crippen molar-refractivity contribution in [3.8, 4) is 11.4 Å². The van der Waals surface area contributed by atoms with Gasteiger partial charge in [0.1, 0.15) is 5.82 Å². The molecular weight excluding hydrogens is 450 g/mol. The van der Waals surface area contributed by atoms with Crippen LogP contribution in [0.1, 0.15) is 57.1 Å². The summed E-state index contributed by atoms with van der Waals surface area (Å²) in [6, 6.07) is 17.9. The third-order valence-corrected chi connectivity index (χ3v) is 7.69. The summed E-state index contributed by atoms with van der Waals surface area (Å²) in [6.45, 7) is 4.35. The number of halogens is 1. The Morgan fingerprint density at radius 1 is 1.10 bits per heavy atom. The van der Waals surface area contributed by atoms with Crippen LogP contribution in [-0.4, -0.2) is 32.4 Å². The molecule has 0 aliphatic carbocycles. The van der Waals surface area contributed by atoms with Crippen LogP contribution in [0.25, 0.3) is 11.4 Å². The average Bonchev–Trinajstić information content (AvgIpc) is 3.44. The normalized spacial score (nSPS) is 24.3. The molecule has 3 atom stereocenters. The van der Waals surface area contributed by atoms with Crippen molar-refractivity contribution in [1.29, 1.82) is 0 Å². The van der Waals surface area contributed by atoms with Crippen LogP contribution >= 0.6 is 15.9 Å². The number of imidazole rings is 1. The number of amides is 1. The van der Waals surface area contributed by atoms with Crippen LogP contribution in [0.15, 0.2) is 65.4 Å². The molecule has 31 heavy (non-hydrogen) atoms. The highest BCUT2D eigenvalue weighted by Crippen LogP contribution is 2.49. The van der Waals surface area contributed by atoms with Crippen molar-refractivity contribution in [2.45, 2.75) is 63.6 Å². The van der Waals surface area contributed by atoms with Gasteiger partial charge in [-0.15, -0.1) is 0 Å². The summed E-state index contributed by atoms with van der Waals surface area (Å²) in [5.41, 5.74) is 3.35. The summed E-state index contributed by atoms with van der Waals surface area (Å²) in [5.74, 6) is 1.30. The second-order valence-corrected chi connectivity index (χ2v) is 9.88. The molecule has 0 bridgehead atoms. The summed E-state index contributed by atoms with van der Waals surface area (Å²) in [4.78, 5) is 19.9. The molecule has 0 spiro atoms. The van der Waals surface area contributed by atoms with Gasteiger partial charge in [0, 0.05) is 40.9 Å². The van der Waals surface area contributed by atoms with Gasteiger partial charge in [-0.25, -0.2) is 4.98 Å². The summed E-state index contributed by atoms with van der Waals surface area (Å²) in [5, 5.41) is 0. The van der Waals surface area contributed by atoms with Crippen molar-refractivity contribution < 1.29 is 4.79 Å². The zero-order valence-electron chi connectivity index (χ0n) is 18.1. The maximum absolute atomic E-state index is 13.1. The largest absolute Gasteiger partial charge is 0.337 e. The van der Waals surface area contributed by atoms with E-state index in [1.54, 1.807) is 0 Å². The summed E-state index contributed by atoms with van der Waals surface area (Å²) in [6.07, 6.45) is 8.47. The van der Waals surface area contributed by atoms with Gasteiger partial charge in [-0.05, 0) is 62.8 Å². The first kappa shape index (κ1) is 20.5. The highest BCUT2D eigenvalue weighted by Gasteiger charge is 2.44. The molecular formula is C26H28BrN3O. The number of nitrogens with zero attached hydrogens (tertiary/aromatic N) is 3. The van der Waals surface area contributed by atoms with Crippen molar-refractivity contribution in [3.63, 3.8) is 0 Å². The van der Waals surface area contributed by atoms with E-state index in [4.69, 9.17) is 0 Å². The molecule has 5 heteroatoms. The van der Waals surface area contributed by atoms with Gasteiger partial charge in [0.15, 0.2) is 0 Å². The molecule has 2 aliphatic rings. The fourth-order valence-corrected chi connectivity index (χ4v) is 5.97. The van der Waals surface area contributed by atoms with Gasteiger partial charge in [-0.2, -0.15) is 0 Å². The van der Waals surface area contributed by atoms with E-state index in [0.717, 1.165) is 36.0 Å². The van der Waals surface area contributed by atoms with Crippen molar-refractivity contribution in [3.05, 3.63) is 76.5 Å². The molecule has 0 N–H and O–H groups in total. The van der Waals surface area contributed by atoms with Crippen molar-refractivity contribution in [2.24, 2.45) is 0 Å². The molecule has 2 aliphatic heterocycles. The number of carbonyl (C=O) groups excluding carboxylic acids is 1. The zero-order chi connectivity index (χ0) is 21.6. The van der Waals surface area contributed by atoms with Crippen LogP contribution in [0.3, 0.4) is 0 Å². The van der Waals surface area contributed by atoms with Gasteiger partial charge >= 0.3 is 0 Å². The number of benzene rings is 2. The third kappa shape index (κ3) is 3.25. The second kappa shape index (κ2) is 7.94. The van der Waals surface area contributed by atoms with E-state index < -0.39 is 0 Å². The minimum Gasteiger partial charge on any atom is -0.337 e. The number of carbonyl (C=O) groups is 1. The monoisotopic (exact) mass is 477 g/mol. The molecule has 1 saturated heterocycles. The highest BCUT2D eigenvalue weighted by atomic mass is 79.9. The predicted octanol–water partition coefficient (Wildman–Crippen LogP) is 5.99. The fourth-order valence-electron chi connectivity index (χ4n) is 5.71. The minimum atomic E-state index is -0.342. The summed E-state index contributed by atoms with van der Waals surface area (Å²) in [7, 11) is 0. The Labute approximate surface area is 192 Å². The van der Waals surface area contributed by atoms with Crippen molar-refractivity contribution >= 4 is 21.8 Å². The summed E-state index contributed by atoms with van der Waals surface area (Å²) < 4.78 is 3.38. The summed E-state index contributed by atoms with van der Waals surface area (Å²) >= 11 is 3.58. The Hall–Kier alpha value is -2.40. The SMILES string of the molecule is CC1CCC(C)N1C(=O)CCCC1(c2ccc(Br)cc2)c2ccccc2-c2nccn21. The first-order valence-corrected chi connectivity index (χ1v) is 12.0. The van der Waals surface area contributed by atoms with E-state index in [1.165, 1.54) is 16.7 Å². The van der Waals surface area contributed by atoms with Crippen LogP contribution < -0.4 is 0 Å². The number of fused-ring (bicyclic) bond motifs is 3. The van der Waals surface area contributed by atoms with Crippen LogP contribution in [0.4, 0.5) is 0 Å². The van der Waals surface area contributed by atoms with Gasteiger partial charge in [-0.3, -0.25) is 4.79 Å². The quantitative estimate of drug-likeness (QED) is 0.452. The van der Waals surface area contributed by atoms with Gasteiger partial charge in [-0.1, -0.05) is 52.3 Å². The van der Waals surface area contributed by atoms with Crippen LogP contribution in [0.5, 0.6) is 0 Å². The Kier molecular flexibility index (Phi) is 5.25. The third-order valence-electron chi connectivity index (χ3n) is 7.16. The van der Waals surface area contributed by atoms with Crippen molar-refractivity contribution in [1.82, 2.24) is 14.5 Å². The van der Waals surface area contributed by atoms with Crippen molar-refractivity contribution in [2.75, 3.05) is 0 Å². The molecule has 2 aromatic carbocycles. The highest BCUT2D eigenvalue weighted by molar-refractivity contribution is 9.10. The number of aromatic nitrogens is 2. The lowest BCUT2D eigenvalue weighted by Crippen LogP contribution is -2.39. The van der Waals surface area contributed by atoms with E-state index >= 15 is 0 Å². The van der Waals surface area contributed by atoms with E-state index in [9.17, 15) is 4.79 Å². The number of hydrogen-bond acceptors (Lipinski definition) is 2. The smallest absolute Gasteiger partial charge is 0.223 e. The molecule has 1 fully saturated rings. The Bertz CT molecular complexity index is 1100. The topological polar surface area (TPSA) is 38.1 Å². The van der Waals surface area contributed by atoms with Gasteiger partial charge in [0.25, 0.3) is 0 Å². The van der Waals surface area contributed by atoms with Crippen LogP contribution in [-0.2, 0) is 10.3 Å². The number of rotatable bonds is 5. The standard InChI is InChI=1S/C26H28BrN3O/c1-18-9-10-19(2)30(18)24(31)8-5-15-26(20-11-13-21(27)14-12-20)23-7-4-3-6-22(23)25-28-16-17-29(25)26/h3-4,6-7,11-14,16-19H,5,8-10,15H2,1-2H3. The lowest BCUT2D eigenvalue weighted by atomic mass is 9.79. The Morgan fingerprint density at radius 3 is 2.55 bits per heavy atom. The molecule has 1 aromatic heterocycles. The maximum atomic E-state index is 13.1. The van der Waals surface area contributed by atoms with E-state index in [2.05, 4.69) is 99.0 Å². The molecule has 160 valence electrons. The maximum Gasteiger partial charge on any atom is 0.223 e. The van der Waals surface area contributed by atoms with Gasteiger partial charge in [0.2, 0.25) is 5.91 Å². The molecule has 1 amide bonds. The van der Waals surface area contributed by atoms with E-state index in [0.29, 0.717) is 24.4 Å². The van der Waals surface area contributed by atoms with E-state index in [-0.39, 0.29) is 5.54 Å². The molecule has 3 heterocycles. The van der Waals surface area contributed by atoms with Crippen LogP contribution in [0, 0.1) is 0 Å². The molecule has 3 aromatic rings. The molecule has 0 radical (unpaired) electrons. The Morgan fingerprint density at radius 2 is 1.81 bits per heavy atom. The first-order valence-electron chi connectivity index (χ1n) is 11.2. The molecule has 0 saturated carbocycles. The van der Waals surface area contributed by atoms with E-state index in [1.807, 2.05) is 6.20 Å². The average molecular weight is 478 g/mol. The first-order chi connectivity index (χ1) is 15.0. The second-order valence-electron chi connectivity index (χ2n) is 8.96. The van der Waals surface area contributed by atoms with Gasteiger partial charge in [0.05, 0.1) is 5.54 Å². The lowest BCUT2D eigenvalue weighted by molar-refractivity contribution is -0.133. The fraction of sp³-hybridized carbons (Fsp3) is 0.385. The molecule has 5 rings (SSSR count). The minimum absolute atomic E-state index is 0.292.